The maximum absolute atomic E-state index is 12.7. The minimum atomic E-state index is -3.26. The SMILES string of the molecule is O=C1COC2(CC3CCC(C2)N3CCC(NS(=O)(=O)C2CC2)c2ccccc2)CN1C1CC1. The van der Waals surface area contributed by atoms with Gasteiger partial charge in [-0.2, -0.15) is 0 Å². The Morgan fingerprint density at radius 2 is 1.67 bits per heavy atom. The Bertz CT molecular complexity index is 978. The van der Waals surface area contributed by atoms with Crippen molar-refractivity contribution in [3.05, 3.63) is 35.9 Å². The first-order valence-corrected chi connectivity index (χ1v) is 14.2. The number of morpholine rings is 1. The maximum Gasteiger partial charge on any atom is 0.248 e. The molecule has 1 aromatic carbocycles. The van der Waals surface area contributed by atoms with Gasteiger partial charge in [-0.05, 0) is 63.4 Å². The number of ether oxygens (including phenoxy) is 1. The number of nitrogens with zero attached hydrogens (tertiary/aromatic N) is 2. The van der Waals surface area contributed by atoms with Crippen molar-refractivity contribution in [3.63, 3.8) is 0 Å². The number of benzene rings is 1. The molecular weight excluding hydrogens is 438 g/mol. The van der Waals surface area contributed by atoms with Crippen LogP contribution in [0.2, 0.25) is 0 Å². The third-order valence-corrected chi connectivity index (χ3v) is 10.4. The molecule has 8 heteroatoms. The Kier molecular flexibility index (Phi) is 5.55. The van der Waals surface area contributed by atoms with Crippen molar-refractivity contribution in [3.8, 4) is 0 Å². The highest BCUT2D eigenvalue weighted by molar-refractivity contribution is 7.90. The van der Waals surface area contributed by atoms with E-state index in [1.165, 1.54) is 0 Å². The molecule has 5 fully saturated rings. The zero-order valence-corrected chi connectivity index (χ0v) is 20.0. The molecule has 3 unspecified atom stereocenters. The van der Waals surface area contributed by atoms with Crippen LogP contribution >= 0.6 is 0 Å². The molecule has 3 aliphatic heterocycles. The van der Waals surface area contributed by atoms with Crippen molar-refractivity contribution in [2.75, 3.05) is 19.7 Å². The van der Waals surface area contributed by atoms with Crippen molar-refractivity contribution in [2.24, 2.45) is 0 Å². The second-order valence-electron chi connectivity index (χ2n) is 10.9. The molecule has 5 aliphatic rings. The number of carbonyl (C=O) groups excluding carboxylic acids is 1. The molecule has 6 rings (SSSR count). The molecule has 3 atom stereocenters. The fraction of sp³-hybridized carbons (Fsp3) is 0.720. The number of rotatable bonds is 8. The average molecular weight is 474 g/mol. The number of amides is 1. The van der Waals surface area contributed by atoms with E-state index < -0.39 is 10.0 Å². The molecule has 2 bridgehead atoms. The van der Waals surface area contributed by atoms with E-state index in [-0.39, 0.29) is 29.4 Å². The van der Waals surface area contributed by atoms with Gasteiger partial charge >= 0.3 is 0 Å². The van der Waals surface area contributed by atoms with Crippen LogP contribution in [0.25, 0.3) is 0 Å². The number of nitrogens with one attached hydrogen (secondary N) is 1. The summed E-state index contributed by atoms with van der Waals surface area (Å²) >= 11 is 0. The molecule has 7 nitrogen and oxygen atoms in total. The topological polar surface area (TPSA) is 79.0 Å². The van der Waals surface area contributed by atoms with Crippen LogP contribution in [0.3, 0.4) is 0 Å². The molecule has 1 spiro atoms. The van der Waals surface area contributed by atoms with E-state index in [4.69, 9.17) is 4.74 Å². The molecule has 33 heavy (non-hydrogen) atoms. The van der Waals surface area contributed by atoms with Gasteiger partial charge in [-0.25, -0.2) is 13.1 Å². The van der Waals surface area contributed by atoms with Crippen molar-refractivity contribution in [2.45, 2.75) is 92.8 Å². The zero-order chi connectivity index (χ0) is 22.6. The first-order valence-electron chi connectivity index (χ1n) is 12.7. The van der Waals surface area contributed by atoms with Crippen molar-refractivity contribution < 1.29 is 17.9 Å². The van der Waals surface area contributed by atoms with Crippen LogP contribution in [0, 0.1) is 0 Å². The third kappa shape index (κ3) is 4.47. The van der Waals surface area contributed by atoms with Crippen LogP contribution in [0.4, 0.5) is 0 Å². The predicted octanol–water partition coefficient (Wildman–Crippen LogP) is 2.59. The molecule has 1 amide bonds. The summed E-state index contributed by atoms with van der Waals surface area (Å²) in [7, 11) is -3.26. The summed E-state index contributed by atoms with van der Waals surface area (Å²) in [4.78, 5) is 17.1. The normalized spacial score (nSPS) is 33.6. The average Bonchev–Trinajstić information content (AvgIpc) is 3.70. The summed E-state index contributed by atoms with van der Waals surface area (Å²) in [5, 5.41) is -0.213. The standard InChI is InChI=1S/C25H35N3O4S/c29-24-16-32-25(17-28(24)19-6-7-19)14-20-8-9-21(15-25)27(20)13-12-23(18-4-2-1-3-5-18)26-33(30,31)22-10-11-22/h1-5,19-23,26H,6-17H2. The first kappa shape index (κ1) is 22.0. The van der Waals surface area contributed by atoms with Gasteiger partial charge in [0.05, 0.1) is 17.4 Å². The molecule has 3 saturated heterocycles. The number of carbonyl (C=O) groups is 1. The predicted molar refractivity (Wildman–Crippen MR) is 125 cm³/mol. The molecule has 180 valence electrons. The van der Waals surface area contributed by atoms with E-state index in [1.807, 2.05) is 30.3 Å². The minimum Gasteiger partial charge on any atom is -0.363 e. The Morgan fingerprint density at radius 3 is 2.30 bits per heavy atom. The summed E-state index contributed by atoms with van der Waals surface area (Å²) in [5.41, 5.74) is 0.849. The maximum atomic E-state index is 12.7. The highest BCUT2D eigenvalue weighted by Crippen LogP contribution is 2.46. The van der Waals surface area contributed by atoms with E-state index in [0.717, 1.165) is 76.4 Å². The molecule has 0 aromatic heterocycles. The molecule has 2 aliphatic carbocycles. The van der Waals surface area contributed by atoms with Gasteiger partial charge in [0, 0.05) is 30.7 Å². The number of fused-ring (bicyclic) bond motifs is 2. The Morgan fingerprint density at radius 1 is 1.00 bits per heavy atom. The lowest BCUT2D eigenvalue weighted by molar-refractivity contribution is -0.177. The highest BCUT2D eigenvalue weighted by atomic mass is 32.2. The van der Waals surface area contributed by atoms with Gasteiger partial charge in [0.15, 0.2) is 0 Å². The van der Waals surface area contributed by atoms with Crippen LogP contribution in [-0.4, -0.2) is 72.8 Å². The van der Waals surface area contributed by atoms with Gasteiger partial charge < -0.3 is 9.64 Å². The molecule has 0 radical (unpaired) electrons. The summed E-state index contributed by atoms with van der Waals surface area (Å²) in [6, 6.07) is 11.1. The Hall–Kier alpha value is -1.48. The lowest BCUT2D eigenvalue weighted by Gasteiger charge is -2.50. The van der Waals surface area contributed by atoms with Crippen LogP contribution in [0.5, 0.6) is 0 Å². The summed E-state index contributed by atoms with van der Waals surface area (Å²) < 4.78 is 34.7. The summed E-state index contributed by atoms with van der Waals surface area (Å²) in [6.07, 6.45) is 8.87. The van der Waals surface area contributed by atoms with E-state index in [2.05, 4.69) is 14.5 Å². The van der Waals surface area contributed by atoms with Crippen LogP contribution in [0.1, 0.15) is 69.4 Å². The molecule has 3 heterocycles. The van der Waals surface area contributed by atoms with Crippen LogP contribution < -0.4 is 4.72 Å². The number of hydrogen-bond donors (Lipinski definition) is 1. The zero-order valence-electron chi connectivity index (χ0n) is 19.2. The van der Waals surface area contributed by atoms with E-state index in [0.29, 0.717) is 18.1 Å². The first-order chi connectivity index (χ1) is 15.9. The largest absolute Gasteiger partial charge is 0.363 e. The fourth-order valence-corrected chi connectivity index (χ4v) is 8.00. The molecular formula is C25H35N3O4S. The lowest BCUT2D eigenvalue weighted by Crippen LogP contribution is -2.61. The Balaban J connectivity index is 1.13. The van der Waals surface area contributed by atoms with E-state index >= 15 is 0 Å². The van der Waals surface area contributed by atoms with Gasteiger partial charge in [-0.15, -0.1) is 0 Å². The number of sulfonamides is 1. The van der Waals surface area contributed by atoms with Gasteiger partial charge in [0.2, 0.25) is 15.9 Å². The number of hydrogen-bond acceptors (Lipinski definition) is 5. The van der Waals surface area contributed by atoms with E-state index in [1.54, 1.807) is 0 Å². The smallest absolute Gasteiger partial charge is 0.248 e. The van der Waals surface area contributed by atoms with Gasteiger partial charge in [-0.3, -0.25) is 9.69 Å². The summed E-state index contributed by atoms with van der Waals surface area (Å²) in [5.74, 6) is 0.159. The second-order valence-corrected chi connectivity index (χ2v) is 12.9. The highest BCUT2D eigenvalue weighted by Gasteiger charge is 2.53. The fourth-order valence-electron chi connectivity index (χ4n) is 6.40. The van der Waals surface area contributed by atoms with Crippen LogP contribution in [0.15, 0.2) is 30.3 Å². The van der Waals surface area contributed by atoms with Gasteiger partial charge in [-0.1, -0.05) is 30.3 Å². The second kappa shape index (κ2) is 8.33. The number of piperidine rings is 1. The van der Waals surface area contributed by atoms with E-state index in [9.17, 15) is 13.2 Å². The Labute approximate surface area is 196 Å². The molecule has 1 N–H and O–H groups in total. The third-order valence-electron chi connectivity index (χ3n) is 8.40. The molecule has 2 saturated carbocycles. The van der Waals surface area contributed by atoms with Gasteiger partial charge in [0.25, 0.3) is 0 Å². The minimum absolute atomic E-state index is 0.159. The van der Waals surface area contributed by atoms with Gasteiger partial charge in [0.1, 0.15) is 6.61 Å². The lowest BCUT2D eigenvalue weighted by atomic mass is 9.84. The van der Waals surface area contributed by atoms with Crippen molar-refractivity contribution in [1.29, 1.82) is 0 Å². The van der Waals surface area contributed by atoms with Crippen molar-refractivity contribution in [1.82, 2.24) is 14.5 Å². The van der Waals surface area contributed by atoms with Crippen molar-refractivity contribution >= 4 is 15.9 Å². The summed E-state index contributed by atoms with van der Waals surface area (Å²) in [6.45, 7) is 1.86. The monoisotopic (exact) mass is 473 g/mol. The quantitative estimate of drug-likeness (QED) is 0.628. The van der Waals surface area contributed by atoms with Crippen LogP contribution in [-0.2, 0) is 19.6 Å². The molecule has 1 aromatic rings.